The SMILES string of the molecule is Cn1c(CN2CCCNCC2)nc2cccc(Cl)c21. The van der Waals surface area contributed by atoms with Crippen molar-refractivity contribution in [2.24, 2.45) is 7.05 Å². The number of benzene rings is 1. The predicted molar refractivity (Wildman–Crippen MR) is 78.5 cm³/mol. The smallest absolute Gasteiger partial charge is 0.123 e. The standard InChI is InChI=1S/C14H19ClN4/c1-18-13(10-19-8-3-6-16-7-9-19)17-12-5-2-4-11(15)14(12)18/h2,4-5,16H,3,6-10H2,1H3. The Bertz CT molecular complexity index is 570. The summed E-state index contributed by atoms with van der Waals surface area (Å²) in [4.78, 5) is 7.17. The molecule has 0 saturated carbocycles. The summed E-state index contributed by atoms with van der Waals surface area (Å²) in [6.45, 7) is 5.28. The van der Waals surface area contributed by atoms with Gasteiger partial charge >= 0.3 is 0 Å². The Morgan fingerprint density at radius 1 is 1.32 bits per heavy atom. The molecule has 3 rings (SSSR count). The van der Waals surface area contributed by atoms with E-state index in [9.17, 15) is 0 Å². The molecule has 19 heavy (non-hydrogen) atoms. The van der Waals surface area contributed by atoms with E-state index < -0.39 is 0 Å². The lowest BCUT2D eigenvalue weighted by atomic mass is 10.3. The molecule has 0 amide bonds. The summed E-state index contributed by atoms with van der Waals surface area (Å²) < 4.78 is 2.12. The highest BCUT2D eigenvalue weighted by atomic mass is 35.5. The molecule has 0 atom stereocenters. The van der Waals surface area contributed by atoms with Crippen LogP contribution in [0.1, 0.15) is 12.2 Å². The van der Waals surface area contributed by atoms with E-state index in [4.69, 9.17) is 16.6 Å². The maximum absolute atomic E-state index is 6.26. The minimum Gasteiger partial charge on any atom is -0.329 e. The lowest BCUT2D eigenvalue weighted by Crippen LogP contribution is -2.28. The summed E-state index contributed by atoms with van der Waals surface area (Å²) in [5.74, 6) is 1.09. The van der Waals surface area contributed by atoms with Gasteiger partial charge in [0.1, 0.15) is 5.82 Å². The topological polar surface area (TPSA) is 33.1 Å². The van der Waals surface area contributed by atoms with Crippen LogP contribution in [0, 0.1) is 0 Å². The second kappa shape index (κ2) is 5.49. The van der Waals surface area contributed by atoms with Crippen LogP contribution in [0.2, 0.25) is 5.02 Å². The Labute approximate surface area is 118 Å². The molecule has 0 spiro atoms. The van der Waals surface area contributed by atoms with Gasteiger partial charge in [0, 0.05) is 20.1 Å². The van der Waals surface area contributed by atoms with Crippen LogP contribution in [0.3, 0.4) is 0 Å². The monoisotopic (exact) mass is 278 g/mol. The van der Waals surface area contributed by atoms with Gasteiger partial charge in [-0.25, -0.2) is 4.98 Å². The fourth-order valence-corrected chi connectivity index (χ4v) is 2.97. The lowest BCUT2D eigenvalue weighted by Gasteiger charge is -2.18. The number of hydrogen-bond acceptors (Lipinski definition) is 3. The first-order valence-electron chi connectivity index (χ1n) is 6.78. The summed E-state index contributed by atoms with van der Waals surface area (Å²) in [6.07, 6.45) is 1.20. The molecule has 1 aliphatic heterocycles. The number of nitrogens with zero attached hydrogens (tertiary/aromatic N) is 3. The molecule has 1 aromatic heterocycles. The van der Waals surface area contributed by atoms with Crippen molar-refractivity contribution in [1.29, 1.82) is 0 Å². The average Bonchev–Trinajstić information content (AvgIpc) is 2.59. The van der Waals surface area contributed by atoms with Crippen molar-refractivity contribution >= 4 is 22.6 Å². The van der Waals surface area contributed by atoms with Crippen molar-refractivity contribution in [3.05, 3.63) is 29.0 Å². The quantitative estimate of drug-likeness (QED) is 0.912. The molecule has 1 N–H and O–H groups in total. The van der Waals surface area contributed by atoms with Gasteiger partial charge in [-0.3, -0.25) is 4.90 Å². The minimum absolute atomic E-state index is 0.774. The maximum Gasteiger partial charge on any atom is 0.123 e. The van der Waals surface area contributed by atoms with E-state index in [0.717, 1.165) is 54.6 Å². The average molecular weight is 279 g/mol. The van der Waals surface area contributed by atoms with Crippen LogP contribution in [0.25, 0.3) is 11.0 Å². The lowest BCUT2D eigenvalue weighted by molar-refractivity contribution is 0.275. The summed E-state index contributed by atoms with van der Waals surface area (Å²) in [5.41, 5.74) is 2.02. The predicted octanol–water partition coefficient (Wildman–Crippen LogP) is 2.02. The third-order valence-corrected chi connectivity index (χ3v) is 4.04. The van der Waals surface area contributed by atoms with Crippen LogP contribution in [-0.4, -0.2) is 40.6 Å². The van der Waals surface area contributed by atoms with Gasteiger partial charge in [0.25, 0.3) is 0 Å². The van der Waals surface area contributed by atoms with Crippen molar-refractivity contribution in [2.45, 2.75) is 13.0 Å². The first-order chi connectivity index (χ1) is 9.25. The Hall–Kier alpha value is -1.10. The van der Waals surface area contributed by atoms with E-state index in [-0.39, 0.29) is 0 Å². The molecule has 4 nitrogen and oxygen atoms in total. The van der Waals surface area contributed by atoms with E-state index >= 15 is 0 Å². The number of halogens is 1. The molecule has 0 radical (unpaired) electrons. The van der Waals surface area contributed by atoms with E-state index in [2.05, 4.69) is 14.8 Å². The number of imidazole rings is 1. The number of hydrogen-bond donors (Lipinski definition) is 1. The molecule has 0 unspecified atom stereocenters. The van der Waals surface area contributed by atoms with Crippen molar-refractivity contribution in [3.8, 4) is 0 Å². The number of para-hydroxylation sites is 1. The van der Waals surface area contributed by atoms with E-state index in [1.54, 1.807) is 0 Å². The van der Waals surface area contributed by atoms with E-state index in [1.165, 1.54) is 6.42 Å². The van der Waals surface area contributed by atoms with E-state index in [0.29, 0.717) is 0 Å². The van der Waals surface area contributed by atoms with Gasteiger partial charge in [-0.2, -0.15) is 0 Å². The highest BCUT2D eigenvalue weighted by Crippen LogP contribution is 2.24. The first kappa shape index (κ1) is 12.9. The van der Waals surface area contributed by atoms with Crippen LogP contribution in [0.4, 0.5) is 0 Å². The van der Waals surface area contributed by atoms with Crippen molar-refractivity contribution in [3.63, 3.8) is 0 Å². The number of rotatable bonds is 2. The largest absolute Gasteiger partial charge is 0.329 e. The fraction of sp³-hybridized carbons (Fsp3) is 0.500. The molecule has 0 aliphatic carbocycles. The zero-order valence-corrected chi connectivity index (χ0v) is 12.0. The summed E-state index contributed by atoms with van der Waals surface area (Å²) >= 11 is 6.26. The van der Waals surface area contributed by atoms with E-state index in [1.807, 2.05) is 25.2 Å². The Morgan fingerprint density at radius 3 is 3.05 bits per heavy atom. The number of fused-ring (bicyclic) bond motifs is 1. The zero-order valence-electron chi connectivity index (χ0n) is 11.2. The molecule has 1 aliphatic rings. The molecule has 0 bridgehead atoms. The van der Waals surface area contributed by atoms with Crippen LogP contribution in [0.5, 0.6) is 0 Å². The molecule has 102 valence electrons. The third kappa shape index (κ3) is 2.61. The number of nitrogens with one attached hydrogen (secondary N) is 1. The Balaban J connectivity index is 1.88. The van der Waals surface area contributed by atoms with Gasteiger partial charge in [-0.15, -0.1) is 0 Å². The Morgan fingerprint density at radius 2 is 2.21 bits per heavy atom. The van der Waals surface area contributed by atoms with Gasteiger partial charge in [0.15, 0.2) is 0 Å². The summed E-state index contributed by atoms with van der Waals surface area (Å²) in [7, 11) is 2.05. The maximum atomic E-state index is 6.26. The normalized spacial score (nSPS) is 17.8. The molecular weight excluding hydrogens is 260 g/mol. The van der Waals surface area contributed by atoms with Crippen LogP contribution in [0.15, 0.2) is 18.2 Å². The molecule has 1 saturated heterocycles. The minimum atomic E-state index is 0.774. The highest BCUT2D eigenvalue weighted by Gasteiger charge is 2.15. The zero-order chi connectivity index (χ0) is 13.2. The van der Waals surface area contributed by atoms with Crippen LogP contribution < -0.4 is 5.32 Å². The van der Waals surface area contributed by atoms with Gasteiger partial charge in [-0.05, 0) is 31.6 Å². The molecule has 2 aromatic rings. The molecule has 1 fully saturated rings. The summed E-state index contributed by atoms with van der Waals surface area (Å²) in [5, 5.41) is 4.20. The molecule has 2 heterocycles. The molecule has 1 aromatic carbocycles. The highest BCUT2D eigenvalue weighted by molar-refractivity contribution is 6.35. The Kier molecular flexibility index (Phi) is 3.73. The number of aryl methyl sites for hydroxylation is 1. The summed E-state index contributed by atoms with van der Waals surface area (Å²) in [6, 6.07) is 5.90. The third-order valence-electron chi connectivity index (χ3n) is 3.74. The van der Waals surface area contributed by atoms with Crippen molar-refractivity contribution in [2.75, 3.05) is 26.2 Å². The van der Waals surface area contributed by atoms with Crippen LogP contribution in [-0.2, 0) is 13.6 Å². The van der Waals surface area contributed by atoms with Crippen molar-refractivity contribution in [1.82, 2.24) is 19.8 Å². The molecular formula is C14H19ClN4. The fourth-order valence-electron chi connectivity index (χ4n) is 2.67. The second-order valence-electron chi connectivity index (χ2n) is 5.07. The van der Waals surface area contributed by atoms with Gasteiger partial charge in [0.05, 0.1) is 22.6 Å². The van der Waals surface area contributed by atoms with Gasteiger partial charge in [-0.1, -0.05) is 17.7 Å². The van der Waals surface area contributed by atoms with Crippen LogP contribution >= 0.6 is 11.6 Å². The van der Waals surface area contributed by atoms with Gasteiger partial charge in [0.2, 0.25) is 0 Å². The molecule has 5 heteroatoms. The second-order valence-corrected chi connectivity index (χ2v) is 5.48. The first-order valence-corrected chi connectivity index (χ1v) is 7.16. The number of aromatic nitrogens is 2. The van der Waals surface area contributed by atoms with Crippen molar-refractivity contribution < 1.29 is 0 Å². The van der Waals surface area contributed by atoms with Gasteiger partial charge < -0.3 is 9.88 Å².